The number of benzene rings is 2. The van der Waals surface area contributed by atoms with E-state index < -0.39 is 0 Å². The van der Waals surface area contributed by atoms with Crippen LogP contribution in [0.5, 0.6) is 0 Å². The predicted octanol–water partition coefficient (Wildman–Crippen LogP) is 2.54. The number of hydrogen-bond acceptors (Lipinski definition) is 3. The number of nitrogens with one attached hydrogen (secondary N) is 1. The number of amides is 1. The van der Waals surface area contributed by atoms with Crippen LogP contribution in [0.4, 0.5) is 11.4 Å². The van der Waals surface area contributed by atoms with Gasteiger partial charge >= 0.3 is 0 Å². The van der Waals surface area contributed by atoms with Gasteiger partial charge in [0.1, 0.15) is 0 Å². The third-order valence-corrected chi connectivity index (χ3v) is 3.13. The third kappa shape index (κ3) is 3.72. The summed E-state index contributed by atoms with van der Waals surface area (Å²) in [7, 11) is 0. The van der Waals surface area contributed by atoms with Gasteiger partial charge in [-0.1, -0.05) is 28.1 Å². The first kappa shape index (κ1) is 13.4. The predicted molar refractivity (Wildman–Crippen MR) is 80.6 cm³/mol. The second-order valence-corrected chi connectivity index (χ2v) is 5.11. The fourth-order valence-corrected chi connectivity index (χ4v) is 1.96. The summed E-state index contributed by atoms with van der Waals surface area (Å²) in [6.07, 6.45) is 0. The summed E-state index contributed by atoms with van der Waals surface area (Å²) in [5, 5.41) is 2.82. The molecule has 0 bridgehead atoms. The smallest absolute Gasteiger partial charge is 0.251 e. The number of nitrogen functional groups attached to an aromatic ring is 2. The summed E-state index contributed by atoms with van der Waals surface area (Å²) in [5.74, 6) is -0.193. The zero-order chi connectivity index (χ0) is 13.8. The van der Waals surface area contributed by atoms with Crippen molar-refractivity contribution in [1.82, 2.24) is 5.32 Å². The lowest BCUT2D eigenvalue weighted by Crippen LogP contribution is -2.23. The quantitative estimate of drug-likeness (QED) is 0.760. The summed E-state index contributed by atoms with van der Waals surface area (Å²) >= 11 is 3.36. The lowest BCUT2D eigenvalue weighted by molar-refractivity contribution is 0.0951. The van der Waals surface area contributed by atoms with Gasteiger partial charge in [0.15, 0.2) is 0 Å². The van der Waals surface area contributed by atoms with Crippen molar-refractivity contribution in [2.45, 2.75) is 6.54 Å². The van der Waals surface area contributed by atoms with Crippen LogP contribution in [0.1, 0.15) is 15.9 Å². The molecule has 0 saturated heterocycles. The minimum absolute atomic E-state index is 0.193. The Morgan fingerprint density at radius 2 is 1.63 bits per heavy atom. The van der Waals surface area contributed by atoms with Gasteiger partial charge in [0.25, 0.3) is 5.91 Å². The highest BCUT2D eigenvalue weighted by Gasteiger charge is 2.06. The lowest BCUT2D eigenvalue weighted by atomic mass is 10.1. The molecule has 98 valence electrons. The van der Waals surface area contributed by atoms with E-state index in [-0.39, 0.29) is 5.91 Å². The van der Waals surface area contributed by atoms with Crippen LogP contribution in [0.2, 0.25) is 0 Å². The Morgan fingerprint density at radius 1 is 1.05 bits per heavy atom. The largest absolute Gasteiger partial charge is 0.399 e. The molecule has 0 aliphatic heterocycles. The van der Waals surface area contributed by atoms with E-state index in [1.54, 1.807) is 18.2 Å². The monoisotopic (exact) mass is 319 g/mol. The van der Waals surface area contributed by atoms with Gasteiger partial charge in [-0.15, -0.1) is 0 Å². The van der Waals surface area contributed by atoms with Gasteiger partial charge in [-0.05, 0) is 35.9 Å². The topological polar surface area (TPSA) is 81.1 Å². The number of hydrogen-bond donors (Lipinski definition) is 3. The molecule has 0 spiro atoms. The average Bonchev–Trinajstić information content (AvgIpc) is 2.36. The normalized spacial score (nSPS) is 10.2. The minimum atomic E-state index is -0.193. The minimum Gasteiger partial charge on any atom is -0.399 e. The first-order valence-corrected chi connectivity index (χ1v) is 6.52. The van der Waals surface area contributed by atoms with E-state index >= 15 is 0 Å². The van der Waals surface area contributed by atoms with E-state index in [9.17, 15) is 4.79 Å². The molecule has 0 fully saturated rings. The van der Waals surface area contributed by atoms with Crippen molar-refractivity contribution in [2.75, 3.05) is 11.5 Å². The molecule has 5 heteroatoms. The molecular weight excluding hydrogens is 306 g/mol. The van der Waals surface area contributed by atoms with Crippen molar-refractivity contribution in [3.8, 4) is 0 Å². The van der Waals surface area contributed by atoms with Crippen LogP contribution in [-0.2, 0) is 6.54 Å². The zero-order valence-electron chi connectivity index (χ0n) is 10.2. The Balaban J connectivity index is 2.03. The number of nitrogens with two attached hydrogens (primary N) is 2. The van der Waals surface area contributed by atoms with Crippen molar-refractivity contribution in [1.29, 1.82) is 0 Å². The van der Waals surface area contributed by atoms with E-state index in [2.05, 4.69) is 21.2 Å². The van der Waals surface area contributed by atoms with Crippen LogP contribution in [0.15, 0.2) is 46.9 Å². The second-order valence-electron chi connectivity index (χ2n) is 4.20. The van der Waals surface area contributed by atoms with Gasteiger partial charge < -0.3 is 16.8 Å². The van der Waals surface area contributed by atoms with Crippen LogP contribution in [0, 0.1) is 0 Å². The molecular formula is C14H14BrN3O. The van der Waals surface area contributed by atoms with Gasteiger partial charge in [0.2, 0.25) is 0 Å². The van der Waals surface area contributed by atoms with Crippen LogP contribution >= 0.6 is 15.9 Å². The van der Waals surface area contributed by atoms with Crippen LogP contribution < -0.4 is 16.8 Å². The Hall–Kier alpha value is -2.01. The Bertz CT molecular complexity index is 576. The van der Waals surface area contributed by atoms with Crippen LogP contribution in [0.3, 0.4) is 0 Å². The van der Waals surface area contributed by atoms with E-state index in [4.69, 9.17) is 11.5 Å². The fraction of sp³-hybridized carbons (Fsp3) is 0.0714. The van der Waals surface area contributed by atoms with E-state index in [1.165, 1.54) is 0 Å². The number of carbonyl (C=O) groups is 1. The molecule has 0 saturated carbocycles. The Kier molecular flexibility index (Phi) is 4.06. The second kappa shape index (κ2) is 5.75. The molecule has 5 N–H and O–H groups in total. The zero-order valence-corrected chi connectivity index (χ0v) is 11.8. The maximum absolute atomic E-state index is 12.0. The molecule has 0 unspecified atom stereocenters. The first-order valence-electron chi connectivity index (χ1n) is 5.73. The summed E-state index contributed by atoms with van der Waals surface area (Å²) < 4.78 is 1.01. The SMILES string of the molecule is Nc1cc(N)cc(C(=O)NCc2ccc(Br)cc2)c1. The number of anilines is 2. The Labute approximate surface area is 119 Å². The van der Waals surface area contributed by atoms with Crippen molar-refractivity contribution in [2.24, 2.45) is 0 Å². The van der Waals surface area contributed by atoms with Gasteiger partial charge in [0.05, 0.1) is 0 Å². The van der Waals surface area contributed by atoms with Crippen molar-refractivity contribution in [3.63, 3.8) is 0 Å². The van der Waals surface area contributed by atoms with Gasteiger partial charge in [-0.2, -0.15) is 0 Å². The van der Waals surface area contributed by atoms with Crippen molar-refractivity contribution >= 4 is 33.2 Å². The maximum atomic E-state index is 12.0. The fourth-order valence-electron chi connectivity index (χ4n) is 1.69. The van der Waals surface area contributed by atoms with Crippen LogP contribution in [0.25, 0.3) is 0 Å². The lowest BCUT2D eigenvalue weighted by Gasteiger charge is -2.07. The molecule has 0 aliphatic carbocycles. The van der Waals surface area contributed by atoms with Gasteiger partial charge in [-0.25, -0.2) is 0 Å². The van der Waals surface area contributed by atoms with Gasteiger partial charge in [0, 0.05) is 28.0 Å². The third-order valence-electron chi connectivity index (χ3n) is 2.61. The highest BCUT2D eigenvalue weighted by molar-refractivity contribution is 9.10. The van der Waals surface area contributed by atoms with Gasteiger partial charge in [-0.3, -0.25) is 4.79 Å². The summed E-state index contributed by atoms with van der Waals surface area (Å²) in [5.41, 5.74) is 13.8. The molecule has 0 radical (unpaired) electrons. The number of halogens is 1. The maximum Gasteiger partial charge on any atom is 0.251 e. The number of rotatable bonds is 3. The Morgan fingerprint density at radius 3 is 2.21 bits per heavy atom. The molecule has 2 aromatic carbocycles. The average molecular weight is 320 g/mol. The van der Waals surface area contributed by atoms with Crippen molar-refractivity contribution < 1.29 is 4.79 Å². The highest BCUT2D eigenvalue weighted by Crippen LogP contribution is 2.14. The summed E-state index contributed by atoms with van der Waals surface area (Å²) in [6.45, 7) is 0.459. The molecule has 2 aromatic rings. The van der Waals surface area contributed by atoms with E-state index in [0.29, 0.717) is 23.5 Å². The summed E-state index contributed by atoms with van der Waals surface area (Å²) in [6, 6.07) is 12.6. The molecule has 4 nitrogen and oxygen atoms in total. The van der Waals surface area contributed by atoms with E-state index in [1.807, 2.05) is 24.3 Å². The molecule has 0 atom stereocenters. The molecule has 0 heterocycles. The van der Waals surface area contributed by atoms with Crippen LogP contribution in [-0.4, -0.2) is 5.91 Å². The summed E-state index contributed by atoms with van der Waals surface area (Å²) in [4.78, 5) is 12.0. The number of carbonyl (C=O) groups excluding carboxylic acids is 1. The molecule has 0 aliphatic rings. The first-order chi connectivity index (χ1) is 9.04. The van der Waals surface area contributed by atoms with E-state index in [0.717, 1.165) is 10.0 Å². The molecule has 1 amide bonds. The standard InChI is InChI=1S/C14H14BrN3O/c15-11-3-1-9(2-4-11)8-18-14(19)10-5-12(16)7-13(17)6-10/h1-7H,8,16-17H2,(H,18,19). The molecule has 2 rings (SSSR count). The molecule has 0 aromatic heterocycles. The highest BCUT2D eigenvalue weighted by atomic mass is 79.9. The van der Waals surface area contributed by atoms with Crippen molar-refractivity contribution in [3.05, 3.63) is 58.1 Å². The molecule has 19 heavy (non-hydrogen) atoms.